The third kappa shape index (κ3) is 4.15. The summed E-state index contributed by atoms with van der Waals surface area (Å²) in [7, 11) is 0. The fourth-order valence-corrected chi connectivity index (χ4v) is 1.58. The van der Waals surface area contributed by atoms with E-state index in [1.54, 1.807) is 24.4 Å². The summed E-state index contributed by atoms with van der Waals surface area (Å²) in [6.45, 7) is 0. The minimum absolute atomic E-state index is 0.234. The number of hydrogen-bond donors (Lipinski definition) is 2. The molecule has 0 aliphatic rings. The van der Waals surface area contributed by atoms with E-state index in [1.807, 2.05) is 30.3 Å². The lowest BCUT2D eigenvalue weighted by Crippen LogP contribution is -2.24. The Morgan fingerprint density at radius 1 is 1.05 bits per heavy atom. The topological polar surface area (TPSA) is 36.4 Å². The highest BCUT2D eigenvalue weighted by Crippen LogP contribution is 2.11. The molecule has 0 saturated heterocycles. The first-order valence-electron chi connectivity index (χ1n) is 5.65. The van der Waals surface area contributed by atoms with Crippen molar-refractivity contribution >= 4 is 29.2 Å². The Hall–Kier alpha value is -2.27. The lowest BCUT2D eigenvalue weighted by atomic mass is 10.2. The maximum absolute atomic E-state index is 13.3. The average molecular weight is 273 g/mol. The molecule has 0 spiro atoms. The van der Waals surface area contributed by atoms with E-state index < -0.39 is 0 Å². The summed E-state index contributed by atoms with van der Waals surface area (Å²) in [4.78, 5) is 0. The van der Waals surface area contributed by atoms with E-state index in [0.717, 1.165) is 5.56 Å². The van der Waals surface area contributed by atoms with Gasteiger partial charge < -0.3 is 5.32 Å². The number of anilines is 1. The van der Waals surface area contributed by atoms with Gasteiger partial charge in [0.05, 0.1) is 11.9 Å². The molecule has 2 N–H and O–H groups in total. The molecule has 2 aromatic carbocycles. The van der Waals surface area contributed by atoms with Crippen LogP contribution in [0.15, 0.2) is 59.7 Å². The largest absolute Gasteiger partial charge is 0.329 e. The second-order valence-corrected chi connectivity index (χ2v) is 4.12. The van der Waals surface area contributed by atoms with Crippen molar-refractivity contribution in [1.29, 1.82) is 0 Å². The van der Waals surface area contributed by atoms with Gasteiger partial charge in [-0.1, -0.05) is 42.5 Å². The Bertz CT molecular complexity index is 584. The number of rotatable bonds is 3. The van der Waals surface area contributed by atoms with Crippen molar-refractivity contribution in [1.82, 2.24) is 5.43 Å². The van der Waals surface area contributed by atoms with Crippen LogP contribution in [0.5, 0.6) is 0 Å². The van der Waals surface area contributed by atoms with Crippen LogP contribution in [0.25, 0.3) is 0 Å². The molecule has 0 atom stereocenters. The highest BCUT2D eigenvalue weighted by molar-refractivity contribution is 7.80. The molecule has 0 unspecified atom stereocenters. The average Bonchev–Trinajstić information content (AvgIpc) is 2.43. The van der Waals surface area contributed by atoms with Gasteiger partial charge in [-0.05, 0) is 29.9 Å². The molecular formula is C14H12FN3S. The molecule has 0 aliphatic heterocycles. The summed E-state index contributed by atoms with van der Waals surface area (Å²) in [6, 6.07) is 15.9. The van der Waals surface area contributed by atoms with E-state index in [1.165, 1.54) is 6.07 Å². The van der Waals surface area contributed by atoms with Gasteiger partial charge in [0.2, 0.25) is 0 Å². The third-order valence-corrected chi connectivity index (χ3v) is 2.49. The zero-order valence-electron chi connectivity index (χ0n) is 10.0. The Balaban J connectivity index is 1.89. The lowest BCUT2D eigenvalue weighted by Gasteiger charge is -2.07. The Kier molecular flexibility index (Phi) is 4.58. The molecule has 0 saturated carbocycles. The summed E-state index contributed by atoms with van der Waals surface area (Å²) < 4.78 is 13.3. The summed E-state index contributed by atoms with van der Waals surface area (Å²) in [5.74, 6) is -0.362. The van der Waals surface area contributed by atoms with Crippen molar-refractivity contribution in [3.63, 3.8) is 0 Å². The van der Waals surface area contributed by atoms with E-state index in [4.69, 9.17) is 12.2 Å². The first-order chi connectivity index (χ1) is 9.25. The van der Waals surface area contributed by atoms with Gasteiger partial charge in [0, 0.05) is 0 Å². The number of benzene rings is 2. The highest BCUT2D eigenvalue weighted by atomic mass is 32.1. The van der Waals surface area contributed by atoms with E-state index in [9.17, 15) is 4.39 Å². The molecule has 3 nitrogen and oxygen atoms in total. The summed E-state index contributed by atoms with van der Waals surface area (Å²) >= 11 is 5.01. The van der Waals surface area contributed by atoms with Crippen LogP contribution in [0.1, 0.15) is 5.56 Å². The first kappa shape index (κ1) is 13.2. The molecule has 0 radical (unpaired) electrons. The predicted octanol–water partition coefficient (Wildman–Crippen LogP) is 3.15. The van der Waals surface area contributed by atoms with E-state index in [2.05, 4.69) is 15.8 Å². The van der Waals surface area contributed by atoms with Gasteiger partial charge in [-0.2, -0.15) is 5.10 Å². The summed E-state index contributed by atoms with van der Waals surface area (Å²) in [6.07, 6.45) is 1.63. The van der Waals surface area contributed by atoms with Crippen LogP contribution in [0, 0.1) is 5.82 Å². The van der Waals surface area contributed by atoms with Crippen LogP contribution in [-0.2, 0) is 0 Å². The molecule has 5 heteroatoms. The van der Waals surface area contributed by atoms with Gasteiger partial charge in [-0.25, -0.2) is 4.39 Å². The van der Waals surface area contributed by atoms with Crippen molar-refractivity contribution in [2.24, 2.45) is 5.10 Å². The van der Waals surface area contributed by atoms with E-state index >= 15 is 0 Å². The van der Waals surface area contributed by atoms with Gasteiger partial charge in [0.1, 0.15) is 5.82 Å². The van der Waals surface area contributed by atoms with Crippen molar-refractivity contribution in [2.45, 2.75) is 0 Å². The standard InChI is InChI=1S/C14H12FN3S/c15-12-8-4-5-9-13(12)17-14(19)18-16-10-11-6-2-1-3-7-11/h1-10H,(H2,17,18,19)/b16-10-. The van der Waals surface area contributed by atoms with Gasteiger partial charge in [0.25, 0.3) is 0 Å². The minimum atomic E-state index is -0.362. The minimum Gasteiger partial charge on any atom is -0.329 e. The monoisotopic (exact) mass is 273 g/mol. The van der Waals surface area contributed by atoms with Crippen molar-refractivity contribution in [3.8, 4) is 0 Å². The molecule has 0 fully saturated rings. The molecule has 19 heavy (non-hydrogen) atoms. The molecular weight excluding hydrogens is 261 g/mol. The van der Waals surface area contributed by atoms with Crippen molar-refractivity contribution in [3.05, 3.63) is 66.0 Å². The zero-order chi connectivity index (χ0) is 13.5. The number of hydrazone groups is 1. The maximum atomic E-state index is 13.3. The molecule has 0 bridgehead atoms. The van der Waals surface area contributed by atoms with Crippen LogP contribution in [-0.4, -0.2) is 11.3 Å². The molecule has 0 aliphatic carbocycles. The molecule has 2 aromatic rings. The first-order valence-corrected chi connectivity index (χ1v) is 6.06. The summed E-state index contributed by atoms with van der Waals surface area (Å²) in [5, 5.41) is 6.93. The van der Waals surface area contributed by atoms with Crippen LogP contribution in [0.4, 0.5) is 10.1 Å². The second-order valence-electron chi connectivity index (χ2n) is 3.71. The molecule has 96 valence electrons. The fraction of sp³-hybridized carbons (Fsp3) is 0. The van der Waals surface area contributed by atoms with Gasteiger partial charge >= 0.3 is 0 Å². The fourth-order valence-electron chi connectivity index (χ4n) is 1.42. The van der Waals surface area contributed by atoms with Crippen molar-refractivity contribution < 1.29 is 4.39 Å². The van der Waals surface area contributed by atoms with E-state index in [-0.39, 0.29) is 10.9 Å². The normalized spacial score (nSPS) is 10.4. The lowest BCUT2D eigenvalue weighted by molar-refractivity contribution is 0.632. The Labute approximate surface area is 116 Å². The number of nitrogens with one attached hydrogen (secondary N) is 2. The Morgan fingerprint density at radius 2 is 1.74 bits per heavy atom. The van der Waals surface area contributed by atoms with Crippen LogP contribution in [0.3, 0.4) is 0 Å². The van der Waals surface area contributed by atoms with Crippen molar-refractivity contribution in [2.75, 3.05) is 5.32 Å². The number of halogens is 1. The number of nitrogens with zero attached hydrogens (tertiary/aromatic N) is 1. The summed E-state index contributed by atoms with van der Waals surface area (Å²) in [5.41, 5.74) is 3.89. The second kappa shape index (κ2) is 6.61. The van der Waals surface area contributed by atoms with Gasteiger partial charge in [-0.15, -0.1) is 0 Å². The van der Waals surface area contributed by atoms with Gasteiger partial charge in [-0.3, -0.25) is 5.43 Å². The van der Waals surface area contributed by atoms with Crippen LogP contribution < -0.4 is 10.7 Å². The molecule has 2 rings (SSSR count). The predicted molar refractivity (Wildman–Crippen MR) is 79.8 cm³/mol. The molecule has 0 aromatic heterocycles. The quantitative estimate of drug-likeness (QED) is 0.512. The maximum Gasteiger partial charge on any atom is 0.191 e. The number of thiocarbonyl (C=S) groups is 1. The zero-order valence-corrected chi connectivity index (χ0v) is 10.8. The van der Waals surface area contributed by atoms with Crippen LogP contribution >= 0.6 is 12.2 Å². The smallest absolute Gasteiger partial charge is 0.191 e. The third-order valence-electron chi connectivity index (χ3n) is 2.30. The van der Waals surface area contributed by atoms with Crippen LogP contribution in [0.2, 0.25) is 0 Å². The van der Waals surface area contributed by atoms with E-state index in [0.29, 0.717) is 5.69 Å². The molecule has 0 heterocycles. The molecule has 0 amide bonds. The number of hydrogen-bond acceptors (Lipinski definition) is 2. The SMILES string of the molecule is Fc1ccccc1NC(=S)N/N=C\c1ccccc1. The van der Waals surface area contributed by atoms with Gasteiger partial charge in [0.15, 0.2) is 5.11 Å². The number of para-hydroxylation sites is 1. The highest BCUT2D eigenvalue weighted by Gasteiger charge is 2.01. The Morgan fingerprint density at radius 3 is 2.47 bits per heavy atom.